The van der Waals surface area contributed by atoms with E-state index in [9.17, 15) is 9.50 Å². The molecule has 2 rings (SSSR count). The normalized spacial score (nSPS) is 12.3. The molecule has 1 aromatic carbocycles. The summed E-state index contributed by atoms with van der Waals surface area (Å²) >= 11 is 1.36. The molecule has 0 aliphatic carbocycles. The summed E-state index contributed by atoms with van der Waals surface area (Å²) in [5.41, 5.74) is 0. The molecule has 20 heavy (non-hydrogen) atoms. The molecule has 0 saturated carbocycles. The number of ether oxygens (including phenoxy) is 1. The Kier molecular flexibility index (Phi) is 5.37. The van der Waals surface area contributed by atoms with E-state index in [0.717, 1.165) is 12.2 Å². The molecule has 0 spiro atoms. The number of halogens is 1. The van der Waals surface area contributed by atoms with Crippen molar-refractivity contribution >= 4 is 11.8 Å². The van der Waals surface area contributed by atoms with E-state index in [1.165, 1.54) is 36.0 Å². The molecule has 0 aliphatic heterocycles. The molecule has 0 fully saturated rings. The second kappa shape index (κ2) is 7.25. The Bertz CT molecular complexity index is 533. The van der Waals surface area contributed by atoms with Crippen LogP contribution in [0.5, 0.6) is 5.75 Å². The van der Waals surface area contributed by atoms with Crippen molar-refractivity contribution in [3.63, 3.8) is 0 Å². The van der Waals surface area contributed by atoms with Gasteiger partial charge in [-0.2, -0.15) is 0 Å². The highest BCUT2D eigenvalue weighted by atomic mass is 32.2. The molecular formula is C13H16FN3O2S. The number of nitrogens with zero attached hydrogens (tertiary/aromatic N) is 2. The van der Waals surface area contributed by atoms with Gasteiger partial charge < -0.3 is 9.84 Å². The van der Waals surface area contributed by atoms with Gasteiger partial charge in [-0.25, -0.2) is 9.37 Å². The number of aliphatic hydroxyl groups is 1. The first-order chi connectivity index (χ1) is 9.67. The lowest BCUT2D eigenvalue weighted by Gasteiger charge is -2.11. The third-order valence-electron chi connectivity index (χ3n) is 2.51. The summed E-state index contributed by atoms with van der Waals surface area (Å²) in [6, 6.07) is 5.68. The molecule has 1 atom stereocenters. The highest BCUT2D eigenvalue weighted by Gasteiger charge is 2.09. The zero-order valence-corrected chi connectivity index (χ0v) is 11.9. The largest absolute Gasteiger partial charge is 0.491 e. The first kappa shape index (κ1) is 14.8. The molecule has 0 aliphatic rings. The first-order valence-electron chi connectivity index (χ1n) is 6.28. The third kappa shape index (κ3) is 4.50. The lowest BCUT2D eigenvalue weighted by atomic mass is 10.3. The maximum absolute atomic E-state index is 12.7. The van der Waals surface area contributed by atoms with Crippen LogP contribution in [-0.4, -0.2) is 38.8 Å². The smallest absolute Gasteiger partial charge is 0.208 e. The zero-order chi connectivity index (χ0) is 14.4. The molecule has 2 aromatic rings. The topological polar surface area (TPSA) is 71.0 Å². The van der Waals surface area contributed by atoms with Crippen LogP contribution in [0.4, 0.5) is 4.39 Å². The maximum atomic E-state index is 12.7. The predicted octanol–water partition coefficient (Wildman–Crippen LogP) is 2.04. The van der Waals surface area contributed by atoms with Crippen LogP contribution in [0.15, 0.2) is 29.4 Å². The molecular weight excluding hydrogens is 281 g/mol. The predicted molar refractivity (Wildman–Crippen MR) is 74.4 cm³/mol. The van der Waals surface area contributed by atoms with Gasteiger partial charge in [0.05, 0.1) is 6.10 Å². The van der Waals surface area contributed by atoms with E-state index in [1.54, 1.807) is 0 Å². The van der Waals surface area contributed by atoms with Crippen LogP contribution in [0.2, 0.25) is 0 Å². The van der Waals surface area contributed by atoms with Crippen LogP contribution in [0.25, 0.3) is 0 Å². The number of nitrogens with one attached hydrogen (secondary N) is 1. The van der Waals surface area contributed by atoms with Crippen LogP contribution < -0.4 is 4.74 Å². The molecule has 0 amide bonds. The van der Waals surface area contributed by atoms with Crippen molar-refractivity contribution < 1.29 is 14.2 Å². The SMILES string of the molecule is CCc1nc(SCC(O)COc2ccc(F)cc2)n[nH]1. The summed E-state index contributed by atoms with van der Waals surface area (Å²) in [4.78, 5) is 4.23. The number of aromatic amines is 1. The number of benzene rings is 1. The van der Waals surface area contributed by atoms with Gasteiger partial charge in [0, 0.05) is 12.2 Å². The van der Waals surface area contributed by atoms with Gasteiger partial charge in [-0.1, -0.05) is 18.7 Å². The summed E-state index contributed by atoms with van der Waals surface area (Å²) < 4.78 is 18.1. The molecule has 2 N–H and O–H groups in total. The molecule has 1 unspecified atom stereocenters. The fourth-order valence-corrected chi connectivity index (χ4v) is 2.17. The Morgan fingerprint density at radius 1 is 1.40 bits per heavy atom. The maximum Gasteiger partial charge on any atom is 0.208 e. The second-order valence-corrected chi connectivity index (χ2v) is 5.14. The van der Waals surface area contributed by atoms with Gasteiger partial charge in [0.15, 0.2) is 0 Å². The molecule has 108 valence electrons. The Hall–Kier alpha value is -1.60. The van der Waals surface area contributed by atoms with Crippen molar-refractivity contribution in [1.82, 2.24) is 15.2 Å². The van der Waals surface area contributed by atoms with Gasteiger partial charge in [0.2, 0.25) is 5.16 Å². The van der Waals surface area contributed by atoms with Gasteiger partial charge in [0.25, 0.3) is 0 Å². The van der Waals surface area contributed by atoms with Crippen molar-refractivity contribution in [1.29, 1.82) is 0 Å². The lowest BCUT2D eigenvalue weighted by Crippen LogP contribution is -2.20. The molecule has 0 saturated heterocycles. The molecule has 1 aromatic heterocycles. The van der Waals surface area contributed by atoms with Crippen molar-refractivity contribution in [2.24, 2.45) is 0 Å². The van der Waals surface area contributed by atoms with Gasteiger partial charge in [0.1, 0.15) is 24.0 Å². The van der Waals surface area contributed by atoms with E-state index >= 15 is 0 Å². The number of aromatic nitrogens is 3. The minimum atomic E-state index is -0.645. The third-order valence-corrected chi connectivity index (χ3v) is 3.50. The van der Waals surface area contributed by atoms with E-state index < -0.39 is 6.10 Å². The minimum absolute atomic E-state index is 0.143. The van der Waals surface area contributed by atoms with E-state index in [1.807, 2.05) is 6.92 Å². The van der Waals surface area contributed by atoms with Crippen LogP contribution in [0.1, 0.15) is 12.7 Å². The number of H-pyrrole nitrogens is 1. The highest BCUT2D eigenvalue weighted by Crippen LogP contribution is 2.15. The average Bonchev–Trinajstić information content (AvgIpc) is 2.92. The monoisotopic (exact) mass is 297 g/mol. The fraction of sp³-hybridized carbons (Fsp3) is 0.385. The Morgan fingerprint density at radius 3 is 2.80 bits per heavy atom. The Morgan fingerprint density at radius 2 is 2.15 bits per heavy atom. The Labute approximate surface area is 120 Å². The summed E-state index contributed by atoms with van der Waals surface area (Å²) in [5.74, 6) is 1.47. The zero-order valence-electron chi connectivity index (χ0n) is 11.0. The van der Waals surface area contributed by atoms with Crippen molar-refractivity contribution in [2.45, 2.75) is 24.6 Å². The van der Waals surface area contributed by atoms with E-state index in [0.29, 0.717) is 16.7 Å². The molecule has 0 radical (unpaired) electrons. The number of hydrogen-bond acceptors (Lipinski definition) is 5. The summed E-state index contributed by atoms with van der Waals surface area (Å²) in [6.45, 7) is 2.13. The summed E-state index contributed by atoms with van der Waals surface area (Å²) in [5, 5.41) is 17.3. The second-order valence-electron chi connectivity index (χ2n) is 4.15. The molecule has 7 heteroatoms. The minimum Gasteiger partial charge on any atom is -0.491 e. The number of aryl methyl sites for hydroxylation is 1. The van der Waals surface area contributed by atoms with Crippen LogP contribution in [-0.2, 0) is 6.42 Å². The summed E-state index contributed by atoms with van der Waals surface area (Å²) in [7, 11) is 0. The van der Waals surface area contributed by atoms with Crippen LogP contribution in [0.3, 0.4) is 0 Å². The quantitative estimate of drug-likeness (QED) is 0.765. The number of hydrogen-bond donors (Lipinski definition) is 2. The fourth-order valence-electron chi connectivity index (χ4n) is 1.44. The molecule has 5 nitrogen and oxygen atoms in total. The molecule has 0 bridgehead atoms. The van der Waals surface area contributed by atoms with Gasteiger partial charge in [-0.3, -0.25) is 5.10 Å². The van der Waals surface area contributed by atoms with Crippen molar-refractivity contribution in [3.05, 3.63) is 35.9 Å². The average molecular weight is 297 g/mol. The van der Waals surface area contributed by atoms with E-state index in [-0.39, 0.29) is 12.4 Å². The van der Waals surface area contributed by atoms with Gasteiger partial charge in [-0.15, -0.1) is 5.10 Å². The Balaban J connectivity index is 1.72. The van der Waals surface area contributed by atoms with E-state index in [2.05, 4.69) is 15.2 Å². The van der Waals surface area contributed by atoms with Crippen LogP contribution >= 0.6 is 11.8 Å². The standard InChI is InChI=1S/C13H16FN3O2S/c1-2-12-15-13(17-16-12)20-8-10(18)7-19-11-5-3-9(14)4-6-11/h3-6,10,18H,2,7-8H2,1H3,(H,15,16,17). The number of rotatable bonds is 7. The van der Waals surface area contributed by atoms with Gasteiger partial charge >= 0.3 is 0 Å². The highest BCUT2D eigenvalue weighted by molar-refractivity contribution is 7.99. The van der Waals surface area contributed by atoms with Crippen molar-refractivity contribution in [2.75, 3.05) is 12.4 Å². The van der Waals surface area contributed by atoms with Crippen molar-refractivity contribution in [3.8, 4) is 5.75 Å². The lowest BCUT2D eigenvalue weighted by molar-refractivity contribution is 0.126. The summed E-state index contributed by atoms with van der Waals surface area (Å²) in [6.07, 6.45) is 0.151. The number of aliphatic hydroxyl groups excluding tert-OH is 1. The molecule has 1 heterocycles. The van der Waals surface area contributed by atoms with Crippen LogP contribution in [0, 0.1) is 5.82 Å². The van der Waals surface area contributed by atoms with E-state index in [4.69, 9.17) is 4.74 Å². The first-order valence-corrected chi connectivity index (χ1v) is 7.26. The number of thioether (sulfide) groups is 1. The van der Waals surface area contributed by atoms with Gasteiger partial charge in [-0.05, 0) is 24.3 Å².